The standard InChI is InChI=1S/C14H8Cl2N2O2/c1-8(19)9-2-4-13(11(16)6-9)20-14-5-3-10(15)12(7-17)18-14/h2-6H,1H3. The summed E-state index contributed by atoms with van der Waals surface area (Å²) in [5, 5.41) is 9.38. The van der Waals surface area contributed by atoms with Crippen LogP contribution in [0.4, 0.5) is 0 Å². The molecule has 1 aromatic heterocycles. The number of nitrogens with zero attached hydrogens (tertiary/aromatic N) is 2. The Morgan fingerprint density at radius 1 is 1.25 bits per heavy atom. The number of nitriles is 1. The van der Waals surface area contributed by atoms with E-state index in [1.54, 1.807) is 12.1 Å². The number of Topliss-reactive ketones (excluding diaryl/α,β-unsaturated/α-hetero) is 1. The maximum absolute atomic E-state index is 11.2. The molecule has 1 heterocycles. The van der Waals surface area contributed by atoms with Crippen molar-refractivity contribution in [3.63, 3.8) is 0 Å². The van der Waals surface area contributed by atoms with Gasteiger partial charge in [0.05, 0.1) is 10.0 Å². The first-order valence-electron chi connectivity index (χ1n) is 5.56. The molecular formula is C14H8Cl2N2O2. The Kier molecular flexibility index (Phi) is 4.23. The zero-order valence-corrected chi connectivity index (χ0v) is 11.9. The van der Waals surface area contributed by atoms with Gasteiger partial charge in [0.1, 0.15) is 11.8 Å². The lowest BCUT2D eigenvalue weighted by Gasteiger charge is -2.08. The summed E-state index contributed by atoms with van der Waals surface area (Å²) in [6.45, 7) is 1.45. The number of pyridine rings is 1. The largest absolute Gasteiger partial charge is 0.437 e. The highest BCUT2D eigenvalue weighted by Gasteiger charge is 2.09. The van der Waals surface area contributed by atoms with Crippen molar-refractivity contribution in [3.8, 4) is 17.7 Å². The van der Waals surface area contributed by atoms with E-state index in [9.17, 15) is 4.79 Å². The average molecular weight is 307 g/mol. The van der Waals surface area contributed by atoms with Gasteiger partial charge in [-0.1, -0.05) is 23.2 Å². The number of carbonyl (C=O) groups is 1. The molecule has 0 bridgehead atoms. The summed E-state index contributed by atoms with van der Waals surface area (Å²) >= 11 is 11.8. The van der Waals surface area contributed by atoms with Gasteiger partial charge < -0.3 is 4.74 Å². The van der Waals surface area contributed by atoms with Crippen molar-refractivity contribution >= 4 is 29.0 Å². The number of ketones is 1. The Bertz CT molecular complexity index is 724. The molecule has 2 rings (SSSR count). The van der Waals surface area contributed by atoms with Gasteiger partial charge in [-0.2, -0.15) is 5.26 Å². The third-order valence-electron chi connectivity index (χ3n) is 2.48. The molecule has 100 valence electrons. The summed E-state index contributed by atoms with van der Waals surface area (Å²) in [4.78, 5) is 15.2. The van der Waals surface area contributed by atoms with Gasteiger partial charge in [-0.25, -0.2) is 4.98 Å². The van der Waals surface area contributed by atoms with E-state index in [-0.39, 0.29) is 27.4 Å². The quantitative estimate of drug-likeness (QED) is 0.795. The lowest BCUT2D eigenvalue weighted by molar-refractivity contribution is 0.101. The highest BCUT2D eigenvalue weighted by Crippen LogP contribution is 2.30. The fourth-order valence-electron chi connectivity index (χ4n) is 1.47. The van der Waals surface area contributed by atoms with Crippen LogP contribution in [0.15, 0.2) is 30.3 Å². The lowest BCUT2D eigenvalue weighted by atomic mass is 10.1. The second-order valence-electron chi connectivity index (χ2n) is 3.90. The van der Waals surface area contributed by atoms with Gasteiger partial charge in [0.25, 0.3) is 0 Å². The minimum atomic E-state index is -0.0881. The normalized spacial score (nSPS) is 9.90. The molecule has 0 amide bonds. The predicted octanol–water partition coefficient (Wildman–Crippen LogP) is 4.25. The fourth-order valence-corrected chi connectivity index (χ4v) is 1.84. The number of carbonyl (C=O) groups excluding carboxylic acids is 1. The number of benzene rings is 1. The Morgan fingerprint density at radius 2 is 2.00 bits per heavy atom. The van der Waals surface area contributed by atoms with Crippen LogP contribution >= 0.6 is 23.2 Å². The van der Waals surface area contributed by atoms with E-state index in [2.05, 4.69) is 4.98 Å². The van der Waals surface area contributed by atoms with Gasteiger partial charge in [0, 0.05) is 11.6 Å². The van der Waals surface area contributed by atoms with Gasteiger partial charge in [-0.15, -0.1) is 0 Å². The average Bonchev–Trinajstić information content (AvgIpc) is 2.42. The first kappa shape index (κ1) is 14.3. The van der Waals surface area contributed by atoms with E-state index >= 15 is 0 Å². The van der Waals surface area contributed by atoms with Crippen LogP contribution in [-0.2, 0) is 0 Å². The topological polar surface area (TPSA) is 63.0 Å². The molecule has 2 aromatic rings. The second kappa shape index (κ2) is 5.91. The number of rotatable bonds is 3. The summed E-state index contributed by atoms with van der Waals surface area (Å²) in [6, 6.07) is 9.59. The predicted molar refractivity (Wildman–Crippen MR) is 75.5 cm³/mol. The van der Waals surface area contributed by atoms with Crippen molar-refractivity contribution in [2.75, 3.05) is 0 Å². The maximum atomic E-state index is 11.2. The Labute approximate surface area is 125 Å². The molecule has 0 aliphatic heterocycles. The second-order valence-corrected chi connectivity index (χ2v) is 4.71. The molecule has 1 aromatic carbocycles. The lowest BCUT2D eigenvalue weighted by Crippen LogP contribution is -1.95. The molecule has 4 nitrogen and oxygen atoms in total. The first-order chi connectivity index (χ1) is 9.51. The van der Waals surface area contributed by atoms with Crippen LogP contribution < -0.4 is 4.74 Å². The van der Waals surface area contributed by atoms with Gasteiger partial charge in [0.2, 0.25) is 5.88 Å². The molecule has 0 atom stereocenters. The van der Waals surface area contributed by atoms with E-state index in [1.165, 1.54) is 25.1 Å². The Morgan fingerprint density at radius 3 is 2.60 bits per heavy atom. The molecule has 20 heavy (non-hydrogen) atoms. The molecule has 0 spiro atoms. The van der Waals surface area contributed by atoms with Crippen molar-refractivity contribution in [1.29, 1.82) is 5.26 Å². The summed E-state index contributed by atoms with van der Waals surface area (Å²) in [7, 11) is 0. The van der Waals surface area contributed by atoms with E-state index < -0.39 is 0 Å². The minimum absolute atomic E-state index is 0.0700. The molecule has 0 saturated carbocycles. The van der Waals surface area contributed by atoms with Gasteiger partial charge >= 0.3 is 0 Å². The molecule has 6 heteroatoms. The maximum Gasteiger partial charge on any atom is 0.220 e. The van der Waals surface area contributed by atoms with Crippen LogP contribution in [-0.4, -0.2) is 10.8 Å². The van der Waals surface area contributed by atoms with Crippen molar-refractivity contribution in [3.05, 3.63) is 51.6 Å². The molecule has 0 fully saturated rings. The monoisotopic (exact) mass is 306 g/mol. The van der Waals surface area contributed by atoms with Crippen LogP contribution in [0.1, 0.15) is 23.0 Å². The SMILES string of the molecule is CC(=O)c1ccc(Oc2ccc(Cl)c(C#N)n2)c(Cl)c1. The summed E-state index contributed by atoms with van der Waals surface area (Å²) in [5.41, 5.74) is 0.560. The van der Waals surface area contributed by atoms with E-state index in [4.69, 9.17) is 33.2 Å². The molecule has 0 aliphatic carbocycles. The number of hydrogen-bond donors (Lipinski definition) is 0. The fraction of sp³-hybridized carbons (Fsp3) is 0.0714. The highest BCUT2D eigenvalue weighted by molar-refractivity contribution is 6.32. The molecule has 0 aliphatic rings. The summed E-state index contributed by atoms with van der Waals surface area (Å²) < 4.78 is 5.48. The smallest absolute Gasteiger partial charge is 0.220 e. The highest BCUT2D eigenvalue weighted by atomic mass is 35.5. The minimum Gasteiger partial charge on any atom is -0.437 e. The third-order valence-corrected chi connectivity index (χ3v) is 3.08. The van der Waals surface area contributed by atoms with Crippen LogP contribution in [0.3, 0.4) is 0 Å². The molecule has 0 N–H and O–H groups in total. The van der Waals surface area contributed by atoms with Gasteiger partial charge in [-0.05, 0) is 31.2 Å². The molecule has 0 unspecified atom stereocenters. The molecule has 0 saturated heterocycles. The van der Waals surface area contributed by atoms with Crippen LogP contribution in [0, 0.1) is 11.3 Å². The van der Waals surface area contributed by atoms with Crippen molar-refractivity contribution in [2.24, 2.45) is 0 Å². The number of ether oxygens (including phenoxy) is 1. The zero-order valence-electron chi connectivity index (χ0n) is 10.4. The Hall–Kier alpha value is -2.09. The van der Waals surface area contributed by atoms with E-state index in [1.807, 2.05) is 6.07 Å². The van der Waals surface area contributed by atoms with Crippen LogP contribution in [0.25, 0.3) is 0 Å². The van der Waals surface area contributed by atoms with Crippen LogP contribution in [0.2, 0.25) is 10.0 Å². The zero-order chi connectivity index (χ0) is 14.7. The van der Waals surface area contributed by atoms with Crippen molar-refractivity contribution in [2.45, 2.75) is 6.92 Å². The van der Waals surface area contributed by atoms with Crippen molar-refractivity contribution in [1.82, 2.24) is 4.98 Å². The van der Waals surface area contributed by atoms with Crippen LogP contribution in [0.5, 0.6) is 11.6 Å². The van der Waals surface area contributed by atoms with Crippen molar-refractivity contribution < 1.29 is 9.53 Å². The van der Waals surface area contributed by atoms with Gasteiger partial charge in [-0.3, -0.25) is 4.79 Å². The summed E-state index contributed by atoms with van der Waals surface area (Å²) in [6.07, 6.45) is 0. The summed E-state index contributed by atoms with van der Waals surface area (Å²) in [5.74, 6) is 0.452. The number of hydrogen-bond acceptors (Lipinski definition) is 4. The molecular weight excluding hydrogens is 299 g/mol. The third kappa shape index (κ3) is 3.08. The van der Waals surface area contributed by atoms with E-state index in [0.29, 0.717) is 11.3 Å². The van der Waals surface area contributed by atoms with E-state index in [0.717, 1.165) is 0 Å². The number of halogens is 2. The number of aromatic nitrogens is 1. The molecule has 0 radical (unpaired) electrons. The van der Waals surface area contributed by atoms with Gasteiger partial charge in [0.15, 0.2) is 11.5 Å². The first-order valence-corrected chi connectivity index (χ1v) is 6.32. The Balaban J connectivity index is 2.31.